The van der Waals surface area contributed by atoms with Crippen LogP contribution in [0.2, 0.25) is 0 Å². The van der Waals surface area contributed by atoms with Gasteiger partial charge in [0.05, 0.1) is 0 Å². The van der Waals surface area contributed by atoms with Crippen molar-refractivity contribution in [3.63, 3.8) is 0 Å². The van der Waals surface area contributed by atoms with Crippen LogP contribution in [0, 0.1) is 0 Å². The number of aliphatic hydroxyl groups is 1. The van der Waals surface area contributed by atoms with Crippen LogP contribution in [0.4, 0.5) is 13.2 Å². The van der Waals surface area contributed by atoms with Gasteiger partial charge in [-0.15, -0.1) is 0 Å². The summed E-state index contributed by atoms with van der Waals surface area (Å²) in [6, 6.07) is 3.66. The van der Waals surface area contributed by atoms with Crippen LogP contribution < -0.4 is 0 Å². The number of aromatic nitrogens is 2. The molecule has 96 valence electrons. The largest absolute Gasteiger partial charge is 0.433 e. The molecule has 0 radical (unpaired) electrons. The van der Waals surface area contributed by atoms with E-state index < -0.39 is 18.0 Å². The fourth-order valence-corrected chi connectivity index (χ4v) is 1.37. The van der Waals surface area contributed by atoms with Gasteiger partial charge in [0.1, 0.15) is 17.5 Å². The standard InChI is InChI=1S/C11H9F3N2O2/c1-6(17)9-5-8(16-18-9)7-2-3-15-10(4-7)11(12,13)14/h2-6,17H,1H3. The molecule has 0 aliphatic carbocycles. The van der Waals surface area contributed by atoms with Crippen molar-refractivity contribution in [3.8, 4) is 11.3 Å². The van der Waals surface area contributed by atoms with Gasteiger partial charge < -0.3 is 9.63 Å². The number of alkyl halides is 3. The van der Waals surface area contributed by atoms with Gasteiger partial charge in [-0.2, -0.15) is 13.2 Å². The van der Waals surface area contributed by atoms with Crippen LogP contribution in [-0.2, 0) is 6.18 Å². The van der Waals surface area contributed by atoms with E-state index in [-0.39, 0.29) is 17.0 Å². The monoisotopic (exact) mass is 258 g/mol. The van der Waals surface area contributed by atoms with E-state index in [1.807, 2.05) is 0 Å². The minimum atomic E-state index is -4.51. The molecule has 1 N–H and O–H groups in total. The van der Waals surface area contributed by atoms with Gasteiger partial charge in [-0.05, 0) is 19.1 Å². The zero-order valence-corrected chi connectivity index (χ0v) is 9.27. The second-order valence-corrected chi connectivity index (χ2v) is 3.72. The highest BCUT2D eigenvalue weighted by Gasteiger charge is 2.32. The quantitative estimate of drug-likeness (QED) is 0.899. The van der Waals surface area contributed by atoms with Crippen molar-refractivity contribution in [2.24, 2.45) is 0 Å². The summed E-state index contributed by atoms with van der Waals surface area (Å²) in [4.78, 5) is 3.25. The summed E-state index contributed by atoms with van der Waals surface area (Å²) in [6.07, 6.45) is -4.32. The fourth-order valence-electron chi connectivity index (χ4n) is 1.37. The topological polar surface area (TPSA) is 59.2 Å². The first-order valence-electron chi connectivity index (χ1n) is 5.06. The van der Waals surface area contributed by atoms with Crippen molar-refractivity contribution >= 4 is 0 Å². The molecule has 18 heavy (non-hydrogen) atoms. The Morgan fingerprint density at radius 1 is 1.33 bits per heavy atom. The first-order chi connectivity index (χ1) is 8.38. The lowest BCUT2D eigenvalue weighted by atomic mass is 10.1. The molecule has 2 heterocycles. The third kappa shape index (κ3) is 2.51. The van der Waals surface area contributed by atoms with Gasteiger partial charge in [0.25, 0.3) is 0 Å². The Balaban J connectivity index is 2.38. The average molecular weight is 258 g/mol. The minimum absolute atomic E-state index is 0.190. The van der Waals surface area contributed by atoms with E-state index >= 15 is 0 Å². The normalized spacial score (nSPS) is 13.6. The molecule has 0 aliphatic heterocycles. The number of halogens is 3. The van der Waals surface area contributed by atoms with E-state index in [0.717, 1.165) is 12.3 Å². The minimum Gasteiger partial charge on any atom is -0.385 e. The van der Waals surface area contributed by atoms with Crippen molar-refractivity contribution in [2.75, 3.05) is 0 Å². The summed E-state index contributed by atoms with van der Waals surface area (Å²) in [5.74, 6) is 0.190. The molecule has 0 aromatic carbocycles. The number of hydrogen-bond donors (Lipinski definition) is 1. The van der Waals surface area contributed by atoms with Gasteiger partial charge in [-0.25, -0.2) is 0 Å². The molecule has 0 fully saturated rings. The molecule has 0 saturated carbocycles. The van der Waals surface area contributed by atoms with E-state index in [2.05, 4.69) is 10.1 Å². The van der Waals surface area contributed by atoms with Gasteiger partial charge in [0, 0.05) is 17.8 Å². The van der Waals surface area contributed by atoms with Gasteiger partial charge in [-0.1, -0.05) is 5.16 Å². The third-order valence-corrected chi connectivity index (χ3v) is 2.29. The molecule has 0 saturated heterocycles. The maximum atomic E-state index is 12.5. The van der Waals surface area contributed by atoms with Crippen molar-refractivity contribution in [1.29, 1.82) is 0 Å². The van der Waals surface area contributed by atoms with Crippen molar-refractivity contribution in [2.45, 2.75) is 19.2 Å². The maximum absolute atomic E-state index is 12.5. The predicted octanol–water partition coefficient (Wildman–Crippen LogP) is 2.81. The van der Waals surface area contributed by atoms with E-state index in [4.69, 9.17) is 4.52 Å². The lowest BCUT2D eigenvalue weighted by Crippen LogP contribution is -2.07. The number of hydrogen-bond acceptors (Lipinski definition) is 4. The molecule has 7 heteroatoms. The molecule has 4 nitrogen and oxygen atoms in total. The van der Waals surface area contributed by atoms with Gasteiger partial charge in [0.2, 0.25) is 0 Å². The number of rotatable bonds is 2. The molecule has 0 amide bonds. The Morgan fingerprint density at radius 3 is 2.61 bits per heavy atom. The van der Waals surface area contributed by atoms with Crippen LogP contribution >= 0.6 is 0 Å². The van der Waals surface area contributed by atoms with Gasteiger partial charge in [-0.3, -0.25) is 4.98 Å². The molecule has 0 spiro atoms. The summed E-state index contributed by atoms with van der Waals surface area (Å²) in [5, 5.41) is 12.8. The summed E-state index contributed by atoms with van der Waals surface area (Å²) in [6.45, 7) is 1.47. The lowest BCUT2D eigenvalue weighted by molar-refractivity contribution is -0.141. The van der Waals surface area contributed by atoms with Gasteiger partial charge >= 0.3 is 6.18 Å². The first kappa shape index (κ1) is 12.6. The summed E-state index contributed by atoms with van der Waals surface area (Å²) in [5.41, 5.74) is -0.548. The van der Waals surface area contributed by atoms with E-state index in [1.165, 1.54) is 19.1 Å². The maximum Gasteiger partial charge on any atom is 0.433 e. The predicted molar refractivity (Wildman–Crippen MR) is 55.4 cm³/mol. The van der Waals surface area contributed by atoms with Gasteiger partial charge in [0.15, 0.2) is 5.76 Å². The van der Waals surface area contributed by atoms with Crippen LogP contribution in [0.1, 0.15) is 24.5 Å². The Bertz CT molecular complexity index is 549. The molecule has 2 aromatic rings. The van der Waals surface area contributed by atoms with Crippen molar-refractivity contribution < 1.29 is 22.8 Å². The second-order valence-electron chi connectivity index (χ2n) is 3.72. The van der Waals surface area contributed by atoms with Crippen LogP contribution in [0.15, 0.2) is 28.9 Å². The second kappa shape index (κ2) is 4.41. The molecule has 0 bridgehead atoms. The fraction of sp³-hybridized carbons (Fsp3) is 0.273. The Labute approximate surface area is 100 Å². The molecule has 1 atom stereocenters. The van der Waals surface area contributed by atoms with Crippen LogP contribution in [0.5, 0.6) is 0 Å². The van der Waals surface area contributed by atoms with Crippen molar-refractivity contribution in [3.05, 3.63) is 35.9 Å². The van der Waals surface area contributed by atoms with Crippen LogP contribution in [-0.4, -0.2) is 15.2 Å². The van der Waals surface area contributed by atoms with E-state index in [1.54, 1.807) is 0 Å². The summed E-state index contributed by atoms with van der Waals surface area (Å²) in [7, 11) is 0. The zero-order valence-electron chi connectivity index (χ0n) is 9.27. The summed E-state index contributed by atoms with van der Waals surface area (Å²) < 4.78 is 42.2. The van der Waals surface area contributed by atoms with Crippen molar-refractivity contribution in [1.82, 2.24) is 10.1 Å². The van der Waals surface area contributed by atoms with Crippen LogP contribution in [0.25, 0.3) is 11.3 Å². The van der Waals surface area contributed by atoms with E-state index in [0.29, 0.717) is 0 Å². The third-order valence-electron chi connectivity index (χ3n) is 2.29. The zero-order chi connectivity index (χ0) is 13.3. The highest BCUT2D eigenvalue weighted by Crippen LogP contribution is 2.30. The molecular weight excluding hydrogens is 249 g/mol. The average Bonchev–Trinajstić information content (AvgIpc) is 2.77. The number of aliphatic hydroxyl groups excluding tert-OH is 1. The Kier molecular flexibility index (Phi) is 3.08. The summed E-state index contributed by atoms with van der Waals surface area (Å²) >= 11 is 0. The number of nitrogens with zero attached hydrogens (tertiary/aromatic N) is 2. The smallest absolute Gasteiger partial charge is 0.385 e. The Hall–Kier alpha value is -1.89. The Morgan fingerprint density at radius 2 is 2.06 bits per heavy atom. The molecule has 2 aromatic heterocycles. The lowest BCUT2D eigenvalue weighted by Gasteiger charge is -2.05. The SMILES string of the molecule is CC(O)c1cc(-c2ccnc(C(F)(F)F)c2)no1. The molecule has 1 unspecified atom stereocenters. The molecule has 0 aliphatic rings. The highest BCUT2D eigenvalue weighted by molar-refractivity contribution is 5.59. The number of pyridine rings is 1. The first-order valence-corrected chi connectivity index (χ1v) is 5.06. The van der Waals surface area contributed by atoms with E-state index in [9.17, 15) is 18.3 Å². The highest BCUT2D eigenvalue weighted by atomic mass is 19.4. The molecule has 2 rings (SSSR count). The van der Waals surface area contributed by atoms with Crippen LogP contribution in [0.3, 0.4) is 0 Å². The molecular formula is C11H9F3N2O2.